The molecule has 1 aliphatic rings. The Hall–Kier alpha value is -3.00. The number of benzene rings is 3. The van der Waals surface area contributed by atoms with Gasteiger partial charge < -0.3 is 4.74 Å². The minimum Gasteiger partial charge on any atom is -0.496 e. The van der Waals surface area contributed by atoms with Crippen LogP contribution in [-0.2, 0) is 18.9 Å². The zero-order valence-electron chi connectivity index (χ0n) is 23.9. The largest absolute Gasteiger partial charge is 0.496 e. The first-order chi connectivity index (χ1) is 19.2. The Balaban J connectivity index is 1.62. The molecule has 222 valence electrons. The van der Waals surface area contributed by atoms with Crippen molar-refractivity contribution < 1.29 is 31.1 Å². The minimum absolute atomic E-state index is 0.156. The number of likely N-dealkylation sites (tertiary alicyclic amines) is 1. The lowest BCUT2D eigenvalue weighted by molar-refractivity contribution is -0.139. The molecule has 2 unspecified atom stereocenters. The van der Waals surface area contributed by atoms with E-state index in [0.29, 0.717) is 24.6 Å². The molecule has 1 saturated heterocycles. The van der Waals surface area contributed by atoms with Crippen LogP contribution in [0, 0.1) is 5.92 Å². The first kappa shape index (κ1) is 30.9. The molecule has 0 spiro atoms. The standard InChI is InChI=1S/C33H37F6NO/c1-21(2)14-22(3)26-16-27(24-8-10-29(11-9-24)32(34,35)36)18-28(17-26)25-6-5-13-40(20-25)19-23-7-12-31(41-4)30(15-23)33(37,38)39/h7-12,15-18,21-22,25H,5-6,13-14,19-20H2,1-4H3. The topological polar surface area (TPSA) is 12.5 Å². The van der Waals surface area contributed by atoms with Crippen LogP contribution in [0.5, 0.6) is 5.75 Å². The van der Waals surface area contributed by atoms with Crippen molar-refractivity contribution in [2.45, 2.75) is 70.8 Å². The van der Waals surface area contributed by atoms with Gasteiger partial charge in [-0.3, -0.25) is 4.90 Å². The molecule has 0 amide bonds. The fraction of sp³-hybridized carbons (Fsp3) is 0.455. The third kappa shape index (κ3) is 7.85. The molecule has 0 N–H and O–H groups in total. The van der Waals surface area contributed by atoms with Crippen molar-refractivity contribution in [2.24, 2.45) is 5.92 Å². The van der Waals surface area contributed by atoms with Crippen molar-refractivity contribution in [3.05, 3.63) is 88.5 Å². The predicted molar refractivity (Wildman–Crippen MR) is 150 cm³/mol. The van der Waals surface area contributed by atoms with E-state index in [1.807, 2.05) is 0 Å². The first-order valence-corrected chi connectivity index (χ1v) is 14.0. The van der Waals surface area contributed by atoms with Crippen molar-refractivity contribution in [3.63, 3.8) is 0 Å². The summed E-state index contributed by atoms with van der Waals surface area (Å²) < 4.78 is 85.1. The molecule has 0 bridgehead atoms. The van der Waals surface area contributed by atoms with E-state index >= 15 is 0 Å². The molecule has 8 heteroatoms. The molecular formula is C33H37F6NO. The fourth-order valence-electron chi connectivity index (χ4n) is 5.86. The van der Waals surface area contributed by atoms with Crippen LogP contribution in [-0.4, -0.2) is 25.1 Å². The maximum atomic E-state index is 13.6. The molecule has 3 aromatic carbocycles. The number of halogens is 6. The highest BCUT2D eigenvalue weighted by molar-refractivity contribution is 5.66. The Kier molecular flexibility index (Phi) is 9.42. The van der Waals surface area contributed by atoms with Crippen LogP contribution in [0.15, 0.2) is 60.7 Å². The van der Waals surface area contributed by atoms with E-state index in [9.17, 15) is 26.3 Å². The van der Waals surface area contributed by atoms with Crippen LogP contribution in [0.4, 0.5) is 26.3 Å². The summed E-state index contributed by atoms with van der Waals surface area (Å²) in [6.45, 7) is 8.35. The second kappa shape index (κ2) is 12.5. The fourth-order valence-corrected chi connectivity index (χ4v) is 5.86. The lowest BCUT2D eigenvalue weighted by Crippen LogP contribution is -2.34. The molecule has 1 fully saturated rings. The third-order valence-electron chi connectivity index (χ3n) is 7.87. The van der Waals surface area contributed by atoms with Gasteiger partial charge in [-0.2, -0.15) is 26.3 Å². The predicted octanol–water partition coefficient (Wildman–Crippen LogP) is 9.93. The Bertz CT molecular complexity index is 1310. The van der Waals surface area contributed by atoms with E-state index < -0.39 is 23.5 Å². The van der Waals surface area contributed by atoms with Gasteiger partial charge in [0, 0.05) is 13.1 Å². The molecule has 4 rings (SSSR count). The summed E-state index contributed by atoms with van der Waals surface area (Å²) in [4.78, 5) is 2.18. The zero-order chi connectivity index (χ0) is 29.9. The monoisotopic (exact) mass is 577 g/mol. The second-order valence-electron chi connectivity index (χ2n) is 11.6. The molecular weight excluding hydrogens is 540 g/mol. The van der Waals surface area contributed by atoms with Crippen molar-refractivity contribution >= 4 is 0 Å². The van der Waals surface area contributed by atoms with E-state index in [1.165, 1.54) is 31.4 Å². The molecule has 1 aliphatic heterocycles. The molecule has 2 nitrogen and oxygen atoms in total. The van der Waals surface area contributed by atoms with E-state index in [1.54, 1.807) is 6.07 Å². The summed E-state index contributed by atoms with van der Waals surface area (Å²) in [5.74, 6) is 0.715. The van der Waals surface area contributed by atoms with Crippen LogP contribution in [0.25, 0.3) is 11.1 Å². The van der Waals surface area contributed by atoms with Crippen LogP contribution in [0.1, 0.15) is 79.7 Å². The van der Waals surface area contributed by atoms with E-state index in [4.69, 9.17) is 4.74 Å². The number of hydrogen-bond donors (Lipinski definition) is 0. The Morgan fingerprint density at radius 3 is 2.17 bits per heavy atom. The van der Waals surface area contributed by atoms with Gasteiger partial charge in [0.1, 0.15) is 5.75 Å². The van der Waals surface area contributed by atoms with Crippen molar-refractivity contribution in [2.75, 3.05) is 20.2 Å². The van der Waals surface area contributed by atoms with Gasteiger partial charge in [-0.15, -0.1) is 0 Å². The maximum Gasteiger partial charge on any atom is 0.419 e. The average molecular weight is 578 g/mol. The lowest BCUT2D eigenvalue weighted by Gasteiger charge is -2.34. The summed E-state index contributed by atoms with van der Waals surface area (Å²) in [6, 6.07) is 15.8. The Morgan fingerprint density at radius 1 is 0.854 bits per heavy atom. The molecule has 1 heterocycles. The normalized spacial score (nSPS) is 17.6. The molecule has 0 radical (unpaired) electrons. The summed E-state index contributed by atoms with van der Waals surface area (Å²) in [7, 11) is 1.23. The van der Waals surface area contributed by atoms with Crippen molar-refractivity contribution in [3.8, 4) is 16.9 Å². The molecule has 41 heavy (non-hydrogen) atoms. The van der Waals surface area contributed by atoms with E-state index in [-0.39, 0.29) is 17.6 Å². The van der Waals surface area contributed by atoms with Gasteiger partial charge in [0.25, 0.3) is 0 Å². The number of alkyl halides is 6. The highest BCUT2D eigenvalue weighted by atomic mass is 19.4. The van der Waals surface area contributed by atoms with E-state index in [2.05, 4.69) is 43.9 Å². The van der Waals surface area contributed by atoms with Gasteiger partial charge >= 0.3 is 12.4 Å². The maximum absolute atomic E-state index is 13.6. The first-order valence-electron chi connectivity index (χ1n) is 14.0. The van der Waals surface area contributed by atoms with Crippen molar-refractivity contribution in [1.82, 2.24) is 4.90 Å². The molecule has 0 aliphatic carbocycles. The van der Waals surface area contributed by atoms with Crippen LogP contribution in [0.3, 0.4) is 0 Å². The molecule has 0 saturated carbocycles. The number of nitrogens with zero attached hydrogens (tertiary/aromatic N) is 1. The second-order valence-corrected chi connectivity index (χ2v) is 11.6. The summed E-state index contributed by atoms with van der Waals surface area (Å²) in [5.41, 5.74) is 2.98. The van der Waals surface area contributed by atoms with Gasteiger partial charge in [-0.25, -0.2) is 0 Å². The molecule has 2 atom stereocenters. The minimum atomic E-state index is -4.51. The highest BCUT2D eigenvalue weighted by Crippen LogP contribution is 2.39. The van der Waals surface area contributed by atoms with Crippen LogP contribution >= 0.6 is 0 Å². The highest BCUT2D eigenvalue weighted by Gasteiger charge is 2.35. The number of methoxy groups -OCH3 is 1. The van der Waals surface area contributed by atoms with Gasteiger partial charge in [-0.05, 0) is 95.6 Å². The number of hydrogen-bond acceptors (Lipinski definition) is 2. The number of rotatable bonds is 8. The average Bonchev–Trinajstić information content (AvgIpc) is 2.91. The molecule has 3 aromatic rings. The quantitative estimate of drug-likeness (QED) is 0.247. The number of ether oxygens (including phenoxy) is 1. The Labute approximate surface area is 238 Å². The summed E-state index contributed by atoms with van der Waals surface area (Å²) in [6.07, 6.45) is -6.09. The lowest BCUT2D eigenvalue weighted by atomic mass is 9.83. The van der Waals surface area contributed by atoms with Gasteiger partial charge in [0.05, 0.1) is 18.2 Å². The van der Waals surface area contributed by atoms with Gasteiger partial charge in [-0.1, -0.05) is 57.2 Å². The van der Waals surface area contributed by atoms with Crippen molar-refractivity contribution in [1.29, 1.82) is 0 Å². The summed E-state index contributed by atoms with van der Waals surface area (Å²) in [5, 5.41) is 0. The Morgan fingerprint density at radius 2 is 1.56 bits per heavy atom. The zero-order valence-corrected chi connectivity index (χ0v) is 23.9. The smallest absolute Gasteiger partial charge is 0.419 e. The van der Waals surface area contributed by atoms with E-state index in [0.717, 1.165) is 60.2 Å². The summed E-state index contributed by atoms with van der Waals surface area (Å²) >= 11 is 0. The SMILES string of the molecule is COc1ccc(CN2CCCC(c3cc(-c4ccc(C(F)(F)F)cc4)cc(C(C)CC(C)C)c3)C2)cc1C(F)(F)F. The van der Waals surface area contributed by atoms with Gasteiger partial charge in [0.15, 0.2) is 0 Å². The third-order valence-corrected chi connectivity index (χ3v) is 7.87. The molecule has 0 aromatic heterocycles. The van der Waals surface area contributed by atoms with Crippen LogP contribution in [0.2, 0.25) is 0 Å². The van der Waals surface area contributed by atoms with Crippen LogP contribution < -0.4 is 4.74 Å². The number of piperidine rings is 1. The van der Waals surface area contributed by atoms with Gasteiger partial charge in [0.2, 0.25) is 0 Å².